The van der Waals surface area contributed by atoms with E-state index >= 15 is 0 Å². The molecule has 0 aliphatic heterocycles. The molecule has 0 atom stereocenters. The third-order valence-corrected chi connectivity index (χ3v) is 2.77. The number of nitriles is 1. The molecule has 4 heteroatoms. The van der Waals surface area contributed by atoms with Gasteiger partial charge in [0, 0.05) is 5.69 Å². The van der Waals surface area contributed by atoms with Crippen LogP contribution in [-0.2, 0) is 4.79 Å². The molecule has 2 rings (SSSR count). The number of carbonyl (C=O) groups is 1. The predicted molar refractivity (Wildman–Crippen MR) is 79.8 cm³/mol. The van der Waals surface area contributed by atoms with E-state index < -0.39 is 0 Å². The molecule has 0 fully saturated rings. The predicted octanol–water partition coefficient (Wildman–Crippen LogP) is 3.59. The number of hydrogen-bond acceptors (Lipinski definition) is 3. The van der Waals surface area contributed by atoms with Gasteiger partial charge in [-0.15, -0.1) is 0 Å². The monoisotopic (exact) mass is 265 g/mol. The van der Waals surface area contributed by atoms with Gasteiger partial charge in [-0.3, -0.25) is 4.79 Å². The maximum atomic E-state index is 11.5. The molecule has 2 aromatic rings. The van der Waals surface area contributed by atoms with Gasteiger partial charge in [0.2, 0.25) is 5.91 Å². The van der Waals surface area contributed by atoms with Gasteiger partial charge in [-0.1, -0.05) is 29.8 Å². The molecule has 0 aliphatic carbocycles. The number of nitrogens with one attached hydrogen (secondary N) is 2. The van der Waals surface area contributed by atoms with Gasteiger partial charge < -0.3 is 10.6 Å². The topological polar surface area (TPSA) is 64.9 Å². The summed E-state index contributed by atoms with van der Waals surface area (Å²) in [6.45, 7) is 2.03. The summed E-state index contributed by atoms with van der Waals surface area (Å²) in [5, 5.41) is 14.5. The number of para-hydroxylation sites is 2. The summed E-state index contributed by atoms with van der Waals surface area (Å²) in [7, 11) is 0. The van der Waals surface area contributed by atoms with E-state index in [4.69, 9.17) is 5.26 Å². The highest BCUT2D eigenvalue weighted by atomic mass is 16.1. The second-order valence-corrected chi connectivity index (χ2v) is 4.42. The van der Waals surface area contributed by atoms with Gasteiger partial charge >= 0.3 is 0 Å². The smallest absolute Gasteiger partial charge is 0.238 e. The highest BCUT2D eigenvalue weighted by Gasteiger charge is 2.06. The summed E-state index contributed by atoms with van der Waals surface area (Å²) in [6.07, 6.45) is -0.154. The van der Waals surface area contributed by atoms with E-state index in [9.17, 15) is 4.79 Å². The van der Waals surface area contributed by atoms with Gasteiger partial charge in [0.1, 0.15) is 6.42 Å². The summed E-state index contributed by atoms with van der Waals surface area (Å²) >= 11 is 0. The Morgan fingerprint density at radius 2 is 1.75 bits per heavy atom. The van der Waals surface area contributed by atoms with Gasteiger partial charge in [-0.05, 0) is 31.2 Å². The maximum Gasteiger partial charge on any atom is 0.238 e. The van der Waals surface area contributed by atoms with Crippen LogP contribution in [0.25, 0.3) is 0 Å². The van der Waals surface area contributed by atoms with Crippen LogP contribution in [0.4, 0.5) is 17.1 Å². The molecule has 100 valence electrons. The molecule has 0 saturated carbocycles. The summed E-state index contributed by atoms with van der Waals surface area (Å²) in [6, 6.07) is 17.2. The Kier molecular flexibility index (Phi) is 4.35. The van der Waals surface area contributed by atoms with E-state index in [-0.39, 0.29) is 12.3 Å². The zero-order chi connectivity index (χ0) is 14.4. The molecule has 0 bridgehead atoms. The largest absolute Gasteiger partial charge is 0.354 e. The van der Waals surface area contributed by atoms with Crippen LogP contribution in [0.3, 0.4) is 0 Å². The molecule has 2 N–H and O–H groups in total. The molecule has 0 spiro atoms. The Hall–Kier alpha value is -2.80. The minimum Gasteiger partial charge on any atom is -0.354 e. The van der Waals surface area contributed by atoms with Gasteiger partial charge in [0.25, 0.3) is 0 Å². The van der Waals surface area contributed by atoms with Crippen molar-refractivity contribution in [2.24, 2.45) is 0 Å². The van der Waals surface area contributed by atoms with E-state index in [1.54, 1.807) is 6.07 Å². The first-order valence-electron chi connectivity index (χ1n) is 6.28. The fraction of sp³-hybridized carbons (Fsp3) is 0.125. The Balaban J connectivity index is 2.17. The van der Waals surface area contributed by atoms with Gasteiger partial charge in [-0.25, -0.2) is 0 Å². The minimum atomic E-state index is -0.314. The lowest BCUT2D eigenvalue weighted by atomic mass is 10.2. The molecule has 0 heterocycles. The number of nitrogens with zero attached hydrogens (tertiary/aromatic N) is 1. The number of amides is 1. The van der Waals surface area contributed by atoms with Gasteiger partial charge in [-0.2, -0.15) is 5.26 Å². The lowest BCUT2D eigenvalue weighted by molar-refractivity contribution is -0.115. The van der Waals surface area contributed by atoms with Crippen LogP contribution in [0.15, 0.2) is 48.5 Å². The first kappa shape index (κ1) is 13.6. The van der Waals surface area contributed by atoms with E-state index in [1.165, 1.54) is 5.56 Å². The standard InChI is InChI=1S/C16H15N3O/c1-12-6-8-13(9-7-12)18-14-4-2-3-5-15(14)19-16(20)10-11-17/h2-9,18H,10H2,1H3,(H,19,20). The third-order valence-electron chi connectivity index (χ3n) is 2.77. The molecular weight excluding hydrogens is 250 g/mol. The molecule has 0 radical (unpaired) electrons. The van der Waals surface area contributed by atoms with Crippen molar-refractivity contribution in [3.8, 4) is 6.07 Å². The second kappa shape index (κ2) is 6.39. The van der Waals surface area contributed by atoms with Crippen LogP contribution in [0.1, 0.15) is 12.0 Å². The Labute approximate surface area is 118 Å². The SMILES string of the molecule is Cc1ccc(Nc2ccccc2NC(=O)CC#N)cc1. The second-order valence-electron chi connectivity index (χ2n) is 4.42. The third kappa shape index (κ3) is 3.59. The van der Waals surface area contributed by atoms with Crippen molar-refractivity contribution in [1.29, 1.82) is 5.26 Å². The fourth-order valence-electron chi connectivity index (χ4n) is 1.76. The van der Waals surface area contributed by atoms with Gasteiger partial charge in [0.05, 0.1) is 17.4 Å². The molecule has 1 amide bonds. The fourth-order valence-corrected chi connectivity index (χ4v) is 1.76. The molecule has 2 aromatic carbocycles. The van der Waals surface area contributed by atoms with E-state index in [0.29, 0.717) is 5.69 Å². The summed E-state index contributed by atoms with van der Waals surface area (Å²) in [5.74, 6) is -0.314. The Morgan fingerprint density at radius 1 is 1.10 bits per heavy atom. The van der Waals surface area contributed by atoms with Crippen molar-refractivity contribution in [1.82, 2.24) is 0 Å². The number of hydrogen-bond donors (Lipinski definition) is 2. The number of anilines is 3. The van der Waals surface area contributed by atoms with E-state index in [2.05, 4.69) is 10.6 Å². The molecule has 0 unspecified atom stereocenters. The quantitative estimate of drug-likeness (QED) is 0.887. The summed E-state index contributed by atoms with van der Waals surface area (Å²) in [5.41, 5.74) is 3.58. The lowest BCUT2D eigenvalue weighted by Gasteiger charge is -2.12. The number of aryl methyl sites for hydroxylation is 1. The molecule has 0 saturated heterocycles. The van der Waals surface area contributed by atoms with Crippen LogP contribution >= 0.6 is 0 Å². The van der Waals surface area contributed by atoms with Gasteiger partial charge in [0.15, 0.2) is 0 Å². The van der Waals surface area contributed by atoms with Crippen LogP contribution in [0, 0.1) is 18.3 Å². The average Bonchev–Trinajstić information content (AvgIpc) is 2.44. The van der Waals surface area contributed by atoms with Crippen LogP contribution in [0.2, 0.25) is 0 Å². The molecular formula is C16H15N3O. The maximum absolute atomic E-state index is 11.5. The molecule has 20 heavy (non-hydrogen) atoms. The summed E-state index contributed by atoms with van der Waals surface area (Å²) in [4.78, 5) is 11.5. The van der Waals surface area contributed by atoms with E-state index in [0.717, 1.165) is 11.4 Å². The highest BCUT2D eigenvalue weighted by molar-refractivity contribution is 5.95. The molecule has 0 aliphatic rings. The molecule has 0 aromatic heterocycles. The van der Waals surface area contributed by atoms with Crippen molar-refractivity contribution < 1.29 is 4.79 Å². The first-order valence-corrected chi connectivity index (χ1v) is 6.28. The first-order chi connectivity index (χ1) is 9.69. The minimum absolute atomic E-state index is 0.154. The average molecular weight is 265 g/mol. The normalized spacial score (nSPS) is 9.60. The number of benzene rings is 2. The number of rotatable bonds is 4. The van der Waals surface area contributed by atoms with E-state index in [1.807, 2.05) is 55.5 Å². The molecule has 4 nitrogen and oxygen atoms in total. The van der Waals surface area contributed by atoms with Crippen LogP contribution < -0.4 is 10.6 Å². The van der Waals surface area contributed by atoms with Crippen LogP contribution in [-0.4, -0.2) is 5.91 Å². The van der Waals surface area contributed by atoms with Crippen molar-refractivity contribution in [2.45, 2.75) is 13.3 Å². The highest BCUT2D eigenvalue weighted by Crippen LogP contribution is 2.25. The number of carbonyl (C=O) groups excluding carboxylic acids is 1. The van der Waals surface area contributed by atoms with Crippen molar-refractivity contribution in [2.75, 3.05) is 10.6 Å². The summed E-state index contributed by atoms with van der Waals surface area (Å²) < 4.78 is 0. The zero-order valence-electron chi connectivity index (χ0n) is 11.2. The lowest BCUT2D eigenvalue weighted by Crippen LogP contribution is -2.11. The van der Waals surface area contributed by atoms with Crippen molar-refractivity contribution >= 4 is 23.0 Å². The van der Waals surface area contributed by atoms with Crippen LogP contribution in [0.5, 0.6) is 0 Å². The zero-order valence-corrected chi connectivity index (χ0v) is 11.2. The van der Waals surface area contributed by atoms with Crippen molar-refractivity contribution in [3.63, 3.8) is 0 Å². The van der Waals surface area contributed by atoms with Crippen molar-refractivity contribution in [3.05, 3.63) is 54.1 Å². The Morgan fingerprint density at radius 3 is 2.40 bits per heavy atom. The Bertz CT molecular complexity index is 642.